The standard InChI is InChI=1S/C15H11BrF3NO/c1-2-20(10-4-6-12(17)14(19)8-10)15(21)11-5-3-9(16)7-13(11)18/h3-8H,2H2,1H3. The second-order valence-corrected chi connectivity index (χ2v) is 5.19. The van der Waals surface area contributed by atoms with Crippen LogP contribution < -0.4 is 4.90 Å². The quantitative estimate of drug-likeness (QED) is 0.789. The van der Waals surface area contributed by atoms with Crippen LogP contribution in [-0.2, 0) is 0 Å². The van der Waals surface area contributed by atoms with E-state index in [0.29, 0.717) is 4.47 Å². The Balaban J connectivity index is 2.40. The number of benzene rings is 2. The highest BCUT2D eigenvalue weighted by atomic mass is 79.9. The van der Waals surface area contributed by atoms with Gasteiger partial charge in [0, 0.05) is 22.8 Å². The third-order valence-electron chi connectivity index (χ3n) is 2.94. The Morgan fingerprint density at radius 3 is 2.33 bits per heavy atom. The highest BCUT2D eigenvalue weighted by molar-refractivity contribution is 9.10. The van der Waals surface area contributed by atoms with Gasteiger partial charge < -0.3 is 4.90 Å². The van der Waals surface area contributed by atoms with Crippen molar-refractivity contribution in [2.75, 3.05) is 11.4 Å². The molecule has 0 radical (unpaired) electrons. The summed E-state index contributed by atoms with van der Waals surface area (Å²) >= 11 is 3.11. The molecule has 110 valence electrons. The number of carbonyl (C=O) groups excluding carboxylic acids is 1. The van der Waals surface area contributed by atoms with E-state index in [0.717, 1.165) is 12.1 Å². The number of anilines is 1. The largest absolute Gasteiger partial charge is 0.308 e. The third kappa shape index (κ3) is 3.26. The van der Waals surface area contributed by atoms with Crippen LogP contribution in [0.4, 0.5) is 18.9 Å². The lowest BCUT2D eigenvalue weighted by molar-refractivity contribution is 0.0984. The highest BCUT2D eigenvalue weighted by Crippen LogP contribution is 2.22. The Morgan fingerprint density at radius 2 is 1.76 bits per heavy atom. The van der Waals surface area contributed by atoms with Crippen molar-refractivity contribution in [1.82, 2.24) is 0 Å². The van der Waals surface area contributed by atoms with Gasteiger partial charge in [0.25, 0.3) is 5.91 Å². The molecule has 0 saturated carbocycles. The minimum atomic E-state index is -1.06. The van der Waals surface area contributed by atoms with Crippen LogP contribution in [0.25, 0.3) is 0 Å². The van der Waals surface area contributed by atoms with E-state index in [4.69, 9.17) is 0 Å². The fourth-order valence-electron chi connectivity index (χ4n) is 1.90. The number of carbonyl (C=O) groups is 1. The van der Waals surface area contributed by atoms with Crippen molar-refractivity contribution in [3.05, 3.63) is 63.9 Å². The second kappa shape index (κ2) is 6.30. The van der Waals surface area contributed by atoms with Crippen LogP contribution in [0.1, 0.15) is 17.3 Å². The molecule has 0 aromatic heterocycles. The van der Waals surface area contributed by atoms with Gasteiger partial charge in [-0.25, -0.2) is 13.2 Å². The normalized spacial score (nSPS) is 10.5. The van der Waals surface area contributed by atoms with Crippen LogP contribution in [-0.4, -0.2) is 12.5 Å². The van der Waals surface area contributed by atoms with Crippen molar-refractivity contribution in [1.29, 1.82) is 0 Å². The first-order valence-corrected chi connectivity index (χ1v) is 6.95. The summed E-state index contributed by atoms with van der Waals surface area (Å²) in [7, 11) is 0. The van der Waals surface area contributed by atoms with E-state index in [-0.39, 0.29) is 17.8 Å². The Kier molecular flexibility index (Phi) is 4.67. The Hall–Kier alpha value is -1.82. The van der Waals surface area contributed by atoms with Crippen LogP contribution in [0.15, 0.2) is 40.9 Å². The zero-order chi connectivity index (χ0) is 15.6. The summed E-state index contributed by atoms with van der Waals surface area (Å²) in [6.45, 7) is 1.86. The van der Waals surface area contributed by atoms with Crippen LogP contribution in [0.3, 0.4) is 0 Å². The van der Waals surface area contributed by atoms with E-state index < -0.39 is 23.4 Å². The van der Waals surface area contributed by atoms with Gasteiger partial charge in [-0.05, 0) is 37.3 Å². The fourth-order valence-corrected chi connectivity index (χ4v) is 2.24. The maximum atomic E-state index is 13.8. The zero-order valence-corrected chi connectivity index (χ0v) is 12.6. The van der Waals surface area contributed by atoms with E-state index in [1.54, 1.807) is 6.92 Å². The van der Waals surface area contributed by atoms with Gasteiger partial charge in [-0.2, -0.15) is 0 Å². The van der Waals surface area contributed by atoms with E-state index in [1.165, 1.54) is 29.2 Å². The summed E-state index contributed by atoms with van der Waals surface area (Å²) in [5.74, 6) is -3.36. The molecule has 2 aromatic carbocycles. The predicted octanol–water partition coefficient (Wildman–Crippen LogP) is 4.53. The number of halogens is 4. The summed E-state index contributed by atoms with van der Waals surface area (Å²) in [4.78, 5) is 13.5. The van der Waals surface area contributed by atoms with Crippen molar-refractivity contribution in [2.45, 2.75) is 6.92 Å². The van der Waals surface area contributed by atoms with Crippen molar-refractivity contribution in [3.63, 3.8) is 0 Å². The Morgan fingerprint density at radius 1 is 1.05 bits per heavy atom. The van der Waals surface area contributed by atoms with Crippen LogP contribution in [0.2, 0.25) is 0 Å². The van der Waals surface area contributed by atoms with Crippen LogP contribution in [0.5, 0.6) is 0 Å². The molecule has 0 heterocycles. The minimum absolute atomic E-state index is 0.134. The first-order chi connectivity index (χ1) is 9.93. The molecule has 0 aliphatic rings. The first-order valence-electron chi connectivity index (χ1n) is 6.16. The van der Waals surface area contributed by atoms with E-state index in [9.17, 15) is 18.0 Å². The molecule has 0 atom stereocenters. The Labute approximate surface area is 128 Å². The van der Waals surface area contributed by atoms with E-state index in [1.807, 2.05) is 0 Å². The van der Waals surface area contributed by atoms with Gasteiger partial charge in [0.2, 0.25) is 0 Å². The average Bonchev–Trinajstić information content (AvgIpc) is 2.43. The molecule has 0 fully saturated rings. The molecule has 0 aliphatic heterocycles. The van der Waals surface area contributed by atoms with Gasteiger partial charge in [-0.15, -0.1) is 0 Å². The smallest absolute Gasteiger partial charge is 0.261 e. The van der Waals surface area contributed by atoms with Gasteiger partial charge >= 0.3 is 0 Å². The predicted molar refractivity (Wildman–Crippen MR) is 77.8 cm³/mol. The van der Waals surface area contributed by atoms with E-state index >= 15 is 0 Å². The molecule has 21 heavy (non-hydrogen) atoms. The molecule has 6 heteroatoms. The SMILES string of the molecule is CCN(C(=O)c1ccc(Br)cc1F)c1ccc(F)c(F)c1. The van der Waals surface area contributed by atoms with E-state index in [2.05, 4.69) is 15.9 Å². The van der Waals surface area contributed by atoms with Crippen LogP contribution >= 0.6 is 15.9 Å². The summed E-state index contributed by atoms with van der Waals surface area (Å²) in [5, 5.41) is 0. The number of hydrogen-bond donors (Lipinski definition) is 0. The lowest BCUT2D eigenvalue weighted by Crippen LogP contribution is -2.31. The molecule has 0 unspecified atom stereocenters. The lowest BCUT2D eigenvalue weighted by atomic mass is 10.1. The number of rotatable bonds is 3. The molecule has 0 N–H and O–H groups in total. The third-order valence-corrected chi connectivity index (χ3v) is 3.43. The number of hydrogen-bond acceptors (Lipinski definition) is 1. The molecule has 1 amide bonds. The molecule has 0 aliphatic carbocycles. The molecular weight excluding hydrogens is 347 g/mol. The maximum absolute atomic E-state index is 13.8. The molecule has 0 spiro atoms. The second-order valence-electron chi connectivity index (χ2n) is 4.27. The summed E-state index contributed by atoms with van der Waals surface area (Å²) in [6.07, 6.45) is 0. The summed E-state index contributed by atoms with van der Waals surface area (Å²) in [5.41, 5.74) is 0.0356. The van der Waals surface area contributed by atoms with Gasteiger partial charge in [-0.3, -0.25) is 4.79 Å². The zero-order valence-electron chi connectivity index (χ0n) is 11.0. The molecule has 0 saturated heterocycles. The fraction of sp³-hybridized carbons (Fsp3) is 0.133. The van der Waals surface area contributed by atoms with Crippen molar-refractivity contribution in [2.24, 2.45) is 0 Å². The maximum Gasteiger partial charge on any atom is 0.261 e. The topological polar surface area (TPSA) is 20.3 Å². The van der Waals surface area contributed by atoms with Crippen LogP contribution in [0, 0.1) is 17.5 Å². The molecule has 0 bridgehead atoms. The molecular formula is C15H11BrF3NO. The minimum Gasteiger partial charge on any atom is -0.308 e. The summed E-state index contributed by atoms with van der Waals surface area (Å²) < 4.78 is 40.6. The first kappa shape index (κ1) is 15.6. The number of amides is 1. The average molecular weight is 358 g/mol. The van der Waals surface area contributed by atoms with Gasteiger partial charge in [-0.1, -0.05) is 15.9 Å². The highest BCUT2D eigenvalue weighted by Gasteiger charge is 2.20. The van der Waals surface area contributed by atoms with Crippen molar-refractivity contribution >= 4 is 27.5 Å². The van der Waals surface area contributed by atoms with Crippen molar-refractivity contribution in [3.8, 4) is 0 Å². The lowest BCUT2D eigenvalue weighted by Gasteiger charge is -2.21. The number of nitrogens with zero attached hydrogens (tertiary/aromatic N) is 1. The van der Waals surface area contributed by atoms with Gasteiger partial charge in [0.1, 0.15) is 5.82 Å². The molecule has 2 rings (SSSR count). The van der Waals surface area contributed by atoms with Gasteiger partial charge in [0.05, 0.1) is 5.56 Å². The molecule has 2 aromatic rings. The van der Waals surface area contributed by atoms with Gasteiger partial charge in [0.15, 0.2) is 11.6 Å². The monoisotopic (exact) mass is 357 g/mol. The molecule has 2 nitrogen and oxygen atoms in total. The van der Waals surface area contributed by atoms with Crippen molar-refractivity contribution < 1.29 is 18.0 Å². The Bertz CT molecular complexity index is 691. The summed E-state index contributed by atoms with van der Waals surface area (Å²) in [6, 6.07) is 7.16.